The number of para-hydroxylation sites is 1. The molecule has 1 aromatic heterocycles. The maximum atomic E-state index is 12.5. The van der Waals surface area contributed by atoms with Gasteiger partial charge in [0.2, 0.25) is 0 Å². The van der Waals surface area contributed by atoms with Gasteiger partial charge in [-0.3, -0.25) is 9.59 Å². The standard InChI is InChI=1S/C18H16N2O4/c1-23-14-8-9-15(24-2)17-16(14)13(21)10-12(20-17)18(22)19-11-6-4-3-5-7-11/h3-10H,1-2H3,(H,19,22)(H,20,21). The molecule has 2 N–H and O–H groups in total. The molecule has 0 saturated carbocycles. The summed E-state index contributed by atoms with van der Waals surface area (Å²) in [5.41, 5.74) is 0.879. The van der Waals surface area contributed by atoms with Gasteiger partial charge in [-0.1, -0.05) is 18.2 Å². The largest absolute Gasteiger partial charge is 0.496 e. The van der Waals surface area contributed by atoms with Gasteiger partial charge in [0.05, 0.1) is 25.1 Å². The fourth-order valence-electron chi connectivity index (χ4n) is 2.49. The molecule has 0 unspecified atom stereocenters. The van der Waals surface area contributed by atoms with Gasteiger partial charge in [-0.15, -0.1) is 0 Å². The third kappa shape index (κ3) is 2.81. The molecule has 122 valence electrons. The quantitative estimate of drug-likeness (QED) is 0.773. The van der Waals surface area contributed by atoms with E-state index < -0.39 is 5.91 Å². The van der Waals surface area contributed by atoms with Crippen LogP contribution in [0.5, 0.6) is 11.5 Å². The topological polar surface area (TPSA) is 80.4 Å². The highest BCUT2D eigenvalue weighted by Gasteiger charge is 2.15. The van der Waals surface area contributed by atoms with Crippen LogP contribution in [0, 0.1) is 0 Å². The number of methoxy groups -OCH3 is 2. The first kappa shape index (κ1) is 15.6. The molecule has 1 heterocycles. The Balaban J connectivity index is 2.10. The van der Waals surface area contributed by atoms with Crippen molar-refractivity contribution in [3.05, 3.63) is 64.4 Å². The summed E-state index contributed by atoms with van der Waals surface area (Å²) in [7, 11) is 2.98. The Kier molecular flexibility index (Phi) is 4.20. The second-order valence-corrected chi connectivity index (χ2v) is 5.09. The SMILES string of the molecule is COc1ccc(OC)c2c(=O)cc(C(=O)Nc3ccccc3)[nH]c12. The zero-order chi connectivity index (χ0) is 17.1. The lowest BCUT2D eigenvalue weighted by molar-refractivity contribution is 0.102. The monoisotopic (exact) mass is 324 g/mol. The Morgan fingerprint density at radius 3 is 2.33 bits per heavy atom. The molecule has 0 atom stereocenters. The zero-order valence-electron chi connectivity index (χ0n) is 13.3. The van der Waals surface area contributed by atoms with Crippen LogP contribution < -0.4 is 20.2 Å². The normalized spacial score (nSPS) is 10.4. The molecule has 3 rings (SSSR count). The van der Waals surface area contributed by atoms with Crippen molar-refractivity contribution in [3.8, 4) is 11.5 Å². The van der Waals surface area contributed by atoms with E-state index in [9.17, 15) is 9.59 Å². The van der Waals surface area contributed by atoms with Crippen molar-refractivity contribution in [2.24, 2.45) is 0 Å². The highest BCUT2D eigenvalue weighted by Crippen LogP contribution is 2.29. The predicted octanol–water partition coefficient (Wildman–Crippen LogP) is 2.80. The van der Waals surface area contributed by atoms with Gasteiger partial charge < -0.3 is 19.8 Å². The number of benzene rings is 2. The number of aromatic nitrogens is 1. The van der Waals surface area contributed by atoms with Crippen LogP contribution in [-0.2, 0) is 0 Å². The van der Waals surface area contributed by atoms with E-state index in [1.807, 2.05) is 18.2 Å². The molecule has 0 aliphatic carbocycles. The van der Waals surface area contributed by atoms with Crippen molar-refractivity contribution in [2.45, 2.75) is 0 Å². The van der Waals surface area contributed by atoms with Gasteiger partial charge in [0.1, 0.15) is 17.2 Å². The summed E-state index contributed by atoms with van der Waals surface area (Å²) >= 11 is 0. The van der Waals surface area contributed by atoms with Crippen LogP contribution in [0.25, 0.3) is 10.9 Å². The molecule has 6 nitrogen and oxygen atoms in total. The second kappa shape index (κ2) is 6.45. The average molecular weight is 324 g/mol. The molecule has 6 heteroatoms. The summed E-state index contributed by atoms with van der Waals surface area (Å²) in [6.07, 6.45) is 0. The number of carbonyl (C=O) groups excluding carboxylic acids is 1. The van der Waals surface area contributed by atoms with Crippen LogP contribution in [0.15, 0.2) is 53.3 Å². The number of hydrogen-bond acceptors (Lipinski definition) is 4. The molecule has 0 aliphatic rings. The Morgan fingerprint density at radius 1 is 1.00 bits per heavy atom. The Labute approximate surface area is 138 Å². The van der Waals surface area contributed by atoms with Crippen molar-refractivity contribution in [1.82, 2.24) is 4.98 Å². The summed E-state index contributed by atoms with van der Waals surface area (Å²) in [5, 5.41) is 3.08. The van der Waals surface area contributed by atoms with Crippen LogP contribution in [0.3, 0.4) is 0 Å². The van der Waals surface area contributed by atoms with Gasteiger partial charge >= 0.3 is 0 Å². The number of ether oxygens (including phenoxy) is 2. The van der Waals surface area contributed by atoms with Crippen molar-refractivity contribution in [2.75, 3.05) is 19.5 Å². The number of rotatable bonds is 4. The minimum Gasteiger partial charge on any atom is -0.496 e. The third-order valence-corrected chi connectivity index (χ3v) is 3.63. The molecule has 2 aromatic carbocycles. The fourth-order valence-corrected chi connectivity index (χ4v) is 2.49. The van der Waals surface area contributed by atoms with Crippen LogP contribution >= 0.6 is 0 Å². The molecular weight excluding hydrogens is 308 g/mol. The summed E-state index contributed by atoms with van der Waals surface area (Å²) < 4.78 is 10.5. The molecule has 0 saturated heterocycles. The molecule has 0 spiro atoms. The third-order valence-electron chi connectivity index (χ3n) is 3.63. The van der Waals surface area contributed by atoms with Crippen LogP contribution in [0.4, 0.5) is 5.69 Å². The highest BCUT2D eigenvalue weighted by molar-refractivity contribution is 6.04. The highest BCUT2D eigenvalue weighted by atomic mass is 16.5. The zero-order valence-corrected chi connectivity index (χ0v) is 13.3. The minimum absolute atomic E-state index is 0.142. The van der Waals surface area contributed by atoms with E-state index in [0.717, 1.165) is 0 Å². The first-order chi connectivity index (χ1) is 11.6. The molecule has 1 amide bonds. The van der Waals surface area contributed by atoms with Crippen LogP contribution in [-0.4, -0.2) is 25.1 Å². The lowest BCUT2D eigenvalue weighted by Crippen LogP contribution is -2.17. The van der Waals surface area contributed by atoms with Crippen LogP contribution in [0.1, 0.15) is 10.5 Å². The van der Waals surface area contributed by atoms with Gasteiger partial charge in [-0.2, -0.15) is 0 Å². The number of pyridine rings is 1. The average Bonchev–Trinajstić information content (AvgIpc) is 2.61. The number of amides is 1. The molecule has 3 aromatic rings. The fraction of sp³-hybridized carbons (Fsp3) is 0.111. The van der Waals surface area contributed by atoms with Crippen molar-refractivity contribution in [3.63, 3.8) is 0 Å². The van der Waals surface area contributed by atoms with E-state index in [1.165, 1.54) is 20.3 Å². The van der Waals surface area contributed by atoms with Crippen molar-refractivity contribution >= 4 is 22.5 Å². The van der Waals surface area contributed by atoms with E-state index in [-0.39, 0.29) is 11.1 Å². The number of H-pyrrole nitrogens is 1. The Bertz CT molecular complexity index is 948. The van der Waals surface area contributed by atoms with Gasteiger partial charge in [-0.25, -0.2) is 0 Å². The smallest absolute Gasteiger partial charge is 0.272 e. The number of aromatic amines is 1. The molecule has 0 aliphatic heterocycles. The van der Waals surface area contributed by atoms with Gasteiger partial charge in [0.15, 0.2) is 5.43 Å². The van der Waals surface area contributed by atoms with E-state index >= 15 is 0 Å². The second-order valence-electron chi connectivity index (χ2n) is 5.09. The summed E-state index contributed by atoms with van der Waals surface area (Å²) in [6.45, 7) is 0. The molecule has 0 radical (unpaired) electrons. The molecule has 0 fully saturated rings. The van der Waals surface area contributed by atoms with E-state index in [4.69, 9.17) is 9.47 Å². The number of fused-ring (bicyclic) bond motifs is 1. The van der Waals surface area contributed by atoms with Gasteiger partial charge in [-0.05, 0) is 24.3 Å². The summed E-state index contributed by atoms with van der Waals surface area (Å²) in [5.74, 6) is 0.462. The lowest BCUT2D eigenvalue weighted by Gasteiger charge is -2.11. The van der Waals surface area contributed by atoms with Crippen LogP contribution in [0.2, 0.25) is 0 Å². The van der Waals surface area contributed by atoms with Crippen molar-refractivity contribution < 1.29 is 14.3 Å². The molecule has 24 heavy (non-hydrogen) atoms. The number of anilines is 1. The van der Waals surface area contributed by atoms with E-state index in [1.54, 1.807) is 24.3 Å². The molecule has 0 bridgehead atoms. The first-order valence-electron chi connectivity index (χ1n) is 7.28. The number of nitrogens with one attached hydrogen (secondary N) is 2. The summed E-state index contributed by atoms with van der Waals surface area (Å²) in [4.78, 5) is 27.8. The lowest BCUT2D eigenvalue weighted by atomic mass is 10.1. The number of carbonyl (C=O) groups is 1. The minimum atomic E-state index is -0.412. The Morgan fingerprint density at radius 2 is 1.67 bits per heavy atom. The van der Waals surface area contributed by atoms with Crippen molar-refractivity contribution in [1.29, 1.82) is 0 Å². The number of hydrogen-bond donors (Lipinski definition) is 2. The van der Waals surface area contributed by atoms with E-state index in [0.29, 0.717) is 28.1 Å². The van der Waals surface area contributed by atoms with E-state index in [2.05, 4.69) is 10.3 Å². The Hall–Kier alpha value is -3.28. The van der Waals surface area contributed by atoms with Gasteiger partial charge in [0, 0.05) is 11.8 Å². The maximum absolute atomic E-state index is 12.5. The predicted molar refractivity (Wildman–Crippen MR) is 92.1 cm³/mol. The maximum Gasteiger partial charge on any atom is 0.272 e. The first-order valence-corrected chi connectivity index (χ1v) is 7.28. The van der Waals surface area contributed by atoms with Gasteiger partial charge in [0.25, 0.3) is 5.91 Å². The summed E-state index contributed by atoms with van der Waals surface area (Å²) in [6, 6.07) is 13.6. The molecular formula is C18H16N2O4.